The van der Waals surface area contributed by atoms with Gasteiger partial charge in [-0.25, -0.2) is 4.79 Å². The molecule has 172 valence electrons. The summed E-state index contributed by atoms with van der Waals surface area (Å²) < 4.78 is 15.1. The molecule has 1 N–H and O–H groups in total. The van der Waals surface area contributed by atoms with Crippen LogP contribution in [0.1, 0.15) is 39.1 Å². The highest BCUT2D eigenvalue weighted by atomic mass is 35.5. The van der Waals surface area contributed by atoms with Gasteiger partial charge in [0.25, 0.3) is 0 Å². The fraction of sp³-hybridized carbons (Fsp3) is 0.409. The lowest BCUT2D eigenvalue weighted by Gasteiger charge is -2.19. The monoisotopic (exact) mass is 479 g/mol. The fourth-order valence-corrected chi connectivity index (χ4v) is 3.56. The third-order valence-corrected chi connectivity index (χ3v) is 4.77. The topological polar surface area (TPSA) is 83.2 Å². The van der Waals surface area contributed by atoms with Crippen LogP contribution in [0, 0.1) is 0 Å². The summed E-state index contributed by atoms with van der Waals surface area (Å²) in [6.45, 7) is 8.68. The first kappa shape index (κ1) is 23.9. The van der Waals surface area contributed by atoms with Crippen molar-refractivity contribution in [3.63, 3.8) is 0 Å². The molecule has 0 saturated carbocycles. The summed E-state index contributed by atoms with van der Waals surface area (Å²) in [5, 5.41) is 12.7. The highest BCUT2D eigenvalue weighted by Gasteiger charge is 2.21. The van der Waals surface area contributed by atoms with Crippen LogP contribution in [0.2, 0.25) is 10.0 Å². The van der Waals surface area contributed by atoms with Gasteiger partial charge in [-0.1, -0.05) is 30.1 Å². The molecule has 0 aliphatic heterocycles. The number of nitrogens with one attached hydrogen (secondary N) is 1. The van der Waals surface area contributed by atoms with Crippen molar-refractivity contribution in [3.8, 4) is 11.5 Å². The van der Waals surface area contributed by atoms with E-state index in [1.165, 1.54) is 0 Å². The summed E-state index contributed by atoms with van der Waals surface area (Å²) >= 11 is 12.3. The average molecular weight is 480 g/mol. The molecule has 0 atom stereocenters. The van der Waals surface area contributed by atoms with Crippen molar-refractivity contribution in [1.29, 1.82) is 0 Å². The van der Waals surface area contributed by atoms with E-state index >= 15 is 0 Å². The molecular formula is C22H27Cl2N5O3. The van der Waals surface area contributed by atoms with Crippen molar-refractivity contribution < 1.29 is 14.3 Å². The van der Waals surface area contributed by atoms with Crippen molar-refractivity contribution in [1.82, 2.24) is 24.9 Å². The maximum atomic E-state index is 12.0. The minimum atomic E-state index is -0.560. The van der Waals surface area contributed by atoms with E-state index in [4.69, 9.17) is 37.8 Å². The third kappa shape index (κ3) is 6.64. The van der Waals surface area contributed by atoms with Gasteiger partial charge >= 0.3 is 6.09 Å². The van der Waals surface area contributed by atoms with Crippen LogP contribution in [0.3, 0.4) is 0 Å². The molecular weight excluding hydrogens is 453 g/mol. The zero-order valence-corrected chi connectivity index (χ0v) is 20.1. The SMILES string of the molecule is CCc1nn(CCNC(=O)OC(C)(C)C)c(Cn2cccn2)c1Oc1cc(Cl)cc(Cl)c1. The number of benzene rings is 1. The molecule has 3 rings (SSSR count). The molecule has 0 aliphatic carbocycles. The van der Waals surface area contributed by atoms with Crippen LogP contribution in [0.5, 0.6) is 11.5 Å². The van der Waals surface area contributed by atoms with Gasteiger partial charge < -0.3 is 14.8 Å². The van der Waals surface area contributed by atoms with Crippen molar-refractivity contribution in [2.75, 3.05) is 6.54 Å². The molecule has 0 spiro atoms. The molecule has 8 nitrogen and oxygen atoms in total. The molecule has 2 heterocycles. The van der Waals surface area contributed by atoms with Gasteiger partial charge in [0.15, 0.2) is 5.75 Å². The zero-order chi connectivity index (χ0) is 23.3. The molecule has 0 radical (unpaired) electrons. The summed E-state index contributed by atoms with van der Waals surface area (Å²) in [6.07, 6.45) is 3.76. The van der Waals surface area contributed by atoms with Crippen molar-refractivity contribution in [2.24, 2.45) is 0 Å². The van der Waals surface area contributed by atoms with E-state index in [0.717, 1.165) is 11.4 Å². The van der Waals surface area contributed by atoms with Crippen LogP contribution >= 0.6 is 23.2 Å². The number of aryl methyl sites for hydroxylation is 1. The Balaban J connectivity index is 1.86. The smallest absolute Gasteiger partial charge is 0.407 e. The normalized spacial score (nSPS) is 11.4. The van der Waals surface area contributed by atoms with Gasteiger partial charge in [-0.3, -0.25) is 9.36 Å². The summed E-state index contributed by atoms with van der Waals surface area (Å²) in [4.78, 5) is 12.0. The van der Waals surface area contributed by atoms with Gasteiger partial charge in [-0.2, -0.15) is 10.2 Å². The second-order valence-corrected chi connectivity index (χ2v) is 9.01. The molecule has 0 bridgehead atoms. The highest BCUT2D eigenvalue weighted by Crippen LogP contribution is 2.33. The fourth-order valence-electron chi connectivity index (χ4n) is 3.05. The summed E-state index contributed by atoms with van der Waals surface area (Å²) in [7, 11) is 0. The van der Waals surface area contributed by atoms with Gasteiger partial charge in [-0.05, 0) is 51.5 Å². The molecule has 0 unspecified atom stereocenters. The average Bonchev–Trinajstić information content (AvgIpc) is 3.29. The Labute approximate surface area is 197 Å². The minimum absolute atomic E-state index is 0.342. The molecule has 0 saturated heterocycles. The summed E-state index contributed by atoms with van der Waals surface area (Å²) in [6, 6.07) is 6.90. The number of aromatic nitrogens is 4. The van der Waals surface area contributed by atoms with Crippen molar-refractivity contribution >= 4 is 29.3 Å². The van der Waals surface area contributed by atoms with Gasteiger partial charge in [0.1, 0.15) is 22.7 Å². The number of carbonyl (C=O) groups is 1. The van der Waals surface area contributed by atoms with Crippen LogP contribution in [-0.4, -0.2) is 37.8 Å². The number of halogens is 2. The van der Waals surface area contributed by atoms with E-state index in [9.17, 15) is 4.79 Å². The Bertz CT molecular complexity index is 1040. The van der Waals surface area contributed by atoms with E-state index in [-0.39, 0.29) is 0 Å². The van der Waals surface area contributed by atoms with E-state index in [1.54, 1.807) is 29.1 Å². The lowest BCUT2D eigenvalue weighted by Crippen LogP contribution is -2.34. The van der Waals surface area contributed by atoms with E-state index in [2.05, 4.69) is 10.4 Å². The Morgan fingerprint density at radius 3 is 2.50 bits per heavy atom. The van der Waals surface area contributed by atoms with Crippen LogP contribution in [0.25, 0.3) is 0 Å². The first-order valence-corrected chi connectivity index (χ1v) is 11.1. The van der Waals surface area contributed by atoms with Gasteiger partial charge in [0.05, 0.1) is 13.1 Å². The summed E-state index contributed by atoms with van der Waals surface area (Å²) in [5.41, 5.74) is 1.03. The first-order valence-electron chi connectivity index (χ1n) is 10.3. The third-order valence-electron chi connectivity index (χ3n) is 4.33. The lowest BCUT2D eigenvalue weighted by atomic mass is 10.2. The van der Waals surface area contributed by atoms with Gasteiger partial charge in [0.2, 0.25) is 0 Å². The molecule has 1 aromatic carbocycles. The number of carbonyl (C=O) groups excluding carboxylic acids is 1. The first-order chi connectivity index (χ1) is 15.1. The van der Waals surface area contributed by atoms with Crippen LogP contribution < -0.4 is 10.1 Å². The Kier molecular flexibility index (Phi) is 7.69. The number of rotatable bonds is 8. The van der Waals surface area contributed by atoms with E-state index < -0.39 is 11.7 Å². The van der Waals surface area contributed by atoms with Crippen molar-refractivity contribution in [2.45, 2.75) is 52.8 Å². The molecule has 0 fully saturated rings. The van der Waals surface area contributed by atoms with Crippen LogP contribution in [0.4, 0.5) is 4.79 Å². The summed E-state index contributed by atoms with van der Waals surface area (Å²) in [5.74, 6) is 1.14. The highest BCUT2D eigenvalue weighted by molar-refractivity contribution is 6.34. The van der Waals surface area contributed by atoms with Crippen LogP contribution in [0.15, 0.2) is 36.7 Å². The molecule has 0 aliphatic rings. The second-order valence-electron chi connectivity index (χ2n) is 8.14. The number of amides is 1. The molecule has 32 heavy (non-hydrogen) atoms. The number of hydrogen-bond donors (Lipinski definition) is 1. The van der Waals surface area contributed by atoms with E-state index in [1.807, 2.05) is 44.6 Å². The molecule has 2 aromatic heterocycles. The number of alkyl carbamates (subject to hydrolysis) is 1. The quantitative estimate of drug-likeness (QED) is 0.472. The minimum Gasteiger partial charge on any atom is -0.453 e. The van der Waals surface area contributed by atoms with E-state index in [0.29, 0.717) is 47.6 Å². The predicted molar refractivity (Wildman–Crippen MR) is 124 cm³/mol. The Morgan fingerprint density at radius 2 is 1.91 bits per heavy atom. The maximum Gasteiger partial charge on any atom is 0.407 e. The van der Waals surface area contributed by atoms with Crippen molar-refractivity contribution in [3.05, 3.63) is 58.1 Å². The van der Waals surface area contributed by atoms with Crippen LogP contribution in [-0.2, 0) is 24.2 Å². The predicted octanol–water partition coefficient (Wildman–Crippen LogP) is 5.31. The molecule has 3 aromatic rings. The number of ether oxygens (including phenoxy) is 2. The number of nitrogens with zero attached hydrogens (tertiary/aromatic N) is 4. The molecule has 10 heteroatoms. The Hall–Kier alpha value is -2.71. The Morgan fingerprint density at radius 1 is 1.19 bits per heavy atom. The van der Waals surface area contributed by atoms with Gasteiger partial charge in [0, 0.05) is 29.0 Å². The van der Waals surface area contributed by atoms with Gasteiger partial charge in [-0.15, -0.1) is 0 Å². The second kappa shape index (κ2) is 10.3. The zero-order valence-electron chi connectivity index (χ0n) is 18.6. The molecule has 1 amide bonds. The maximum absolute atomic E-state index is 12.0. The lowest BCUT2D eigenvalue weighted by molar-refractivity contribution is 0.0525. The number of hydrogen-bond acceptors (Lipinski definition) is 5. The standard InChI is InChI=1S/C22H27Cl2N5O3/c1-5-18-20(31-17-12-15(23)11-16(24)13-17)19(14-28-9-6-7-26-28)29(27-18)10-8-25-21(30)32-22(2,3)4/h6-7,9,11-13H,5,8,10,14H2,1-4H3,(H,25,30). The largest absolute Gasteiger partial charge is 0.453 e.